The van der Waals surface area contributed by atoms with Crippen molar-refractivity contribution in [3.63, 3.8) is 0 Å². The highest BCUT2D eigenvalue weighted by Crippen LogP contribution is 2.25. The summed E-state index contributed by atoms with van der Waals surface area (Å²) in [6, 6.07) is 7.93. The summed E-state index contributed by atoms with van der Waals surface area (Å²) in [6.45, 7) is 5.78. The molecule has 0 radical (unpaired) electrons. The molecule has 5 heteroatoms. The van der Waals surface area contributed by atoms with Crippen molar-refractivity contribution in [3.05, 3.63) is 41.1 Å². The van der Waals surface area contributed by atoms with Gasteiger partial charge in [-0.3, -0.25) is 9.78 Å². The van der Waals surface area contributed by atoms with E-state index in [4.69, 9.17) is 4.74 Å². The van der Waals surface area contributed by atoms with Crippen molar-refractivity contribution in [3.8, 4) is 0 Å². The first-order valence-corrected chi connectivity index (χ1v) is 9.86. The number of fused-ring (bicyclic) bond motifs is 1. The van der Waals surface area contributed by atoms with Crippen LogP contribution in [-0.4, -0.2) is 29.5 Å². The van der Waals surface area contributed by atoms with E-state index in [0.717, 1.165) is 35.7 Å². The average molecular weight is 368 g/mol. The summed E-state index contributed by atoms with van der Waals surface area (Å²) in [5.74, 6) is -0.238. The van der Waals surface area contributed by atoms with Gasteiger partial charge in [0.2, 0.25) is 0 Å². The number of aromatic nitrogens is 1. The van der Waals surface area contributed by atoms with Gasteiger partial charge in [-0.25, -0.2) is 4.79 Å². The van der Waals surface area contributed by atoms with E-state index in [0.29, 0.717) is 23.6 Å². The van der Waals surface area contributed by atoms with Crippen LogP contribution in [0.3, 0.4) is 0 Å². The van der Waals surface area contributed by atoms with E-state index in [9.17, 15) is 9.59 Å². The maximum absolute atomic E-state index is 12.7. The molecule has 1 aromatic heterocycles. The van der Waals surface area contributed by atoms with Crippen LogP contribution in [0.25, 0.3) is 10.9 Å². The first kappa shape index (κ1) is 19.3. The summed E-state index contributed by atoms with van der Waals surface area (Å²) in [5.41, 5.74) is 2.91. The Bertz CT molecular complexity index is 847. The number of nitrogens with zero attached hydrogens (tertiary/aromatic N) is 1. The third-order valence-electron chi connectivity index (χ3n) is 5.56. The molecule has 1 amide bonds. The lowest BCUT2D eigenvalue weighted by atomic mass is 9.86. The van der Waals surface area contributed by atoms with Crippen molar-refractivity contribution in [2.75, 3.05) is 6.61 Å². The molecule has 2 aromatic rings. The van der Waals surface area contributed by atoms with Crippen LogP contribution in [0, 0.1) is 12.8 Å². The fourth-order valence-corrected chi connectivity index (χ4v) is 3.95. The molecule has 0 spiro atoms. The number of hydrogen-bond acceptors (Lipinski definition) is 4. The molecule has 27 heavy (non-hydrogen) atoms. The van der Waals surface area contributed by atoms with Crippen LogP contribution < -0.4 is 5.32 Å². The highest BCUT2D eigenvalue weighted by Gasteiger charge is 2.24. The number of hydrogen-bond donors (Lipinski definition) is 1. The van der Waals surface area contributed by atoms with Gasteiger partial charge in [0.25, 0.3) is 5.91 Å². The molecule has 1 aromatic carbocycles. The Morgan fingerprint density at radius 3 is 2.70 bits per heavy atom. The highest BCUT2D eigenvalue weighted by molar-refractivity contribution is 5.99. The second kappa shape index (κ2) is 8.51. The van der Waals surface area contributed by atoms with Gasteiger partial charge in [0.1, 0.15) is 0 Å². The molecule has 1 fully saturated rings. The van der Waals surface area contributed by atoms with E-state index in [1.54, 1.807) is 0 Å². The minimum Gasteiger partial charge on any atom is -0.452 e. The minimum absolute atomic E-state index is 0.181. The molecule has 0 aliphatic heterocycles. The zero-order valence-electron chi connectivity index (χ0n) is 16.4. The number of amides is 1. The van der Waals surface area contributed by atoms with E-state index in [1.807, 2.05) is 38.1 Å². The van der Waals surface area contributed by atoms with Crippen LogP contribution in [0.1, 0.15) is 61.1 Å². The highest BCUT2D eigenvalue weighted by atomic mass is 16.5. The molecule has 1 aliphatic rings. The predicted octanol–water partition coefficient (Wildman–Crippen LogP) is 3.96. The fraction of sp³-hybridized carbons (Fsp3) is 0.500. The van der Waals surface area contributed by atoms with Gasteiger partial charge < -0.3 is 10.1 Å². The van der Waals surface area contributed by atoms with Gasteiger partial charge in [-0.15, -0.1) is 0 Å². The van der Waals surface area contributed by atoms with Crippen LogP contribution in [0.15, 0.2) is 24.3 Å². The monoisotopic (exact) mass is 368 g/mol. The number of pyridine rings is 1. The molecule has 1 N–H and O–H groups in total. The Balaban J connectivity index is 1.70. The zero-order valence-corrected chi connectivity index (χ0v) is 16.4. The minimum atomic E-state index is -0.477. The lowest BCUT2D eigenvalue weighted by molar-refractivity contribution is -0.125. The number of ether oxygens (including phenoxy) is 1. The van der Waals surface area contributed by atoms with Crippen molar-refractivity contribution < 1.29 is 14.3 Å². The average Bonchev–Trinajstić information content (AvgIpc) is 2.67. The molecule has 1 heterocycles. The van der Waals surface area contributed by atoms with E-state index < -0.39 is 5.97 Å². The molecule has 3 rings (SSSR count). The molecule has 0 bridgehead atoms. The van der Waals surface area contributed by atoms with Crippen LogP contribution in [0.2, 0.25) is 0 Å². The van der Waals surface area contributed by atoms with Crippen LogP contribution in [-0.2, 0) is 16.0 Å². The van der Waals surface area contributed by atoms with Gasteiger partial charge in [-0.2, -0.15) is 0 Å². The maximum atomic E-state index is 12.7. The number of rotatable bonds is 5. The van der Waals surface area contributed by atoms with Crippen molar-refractivity contribution in [1.82, 2.24) is 10.3 Å². The summed E-state index contributed by atoms with van der Waals surface area (Å²) in [4.78, 5) is 29.6. The van der Waals surface area contributed by atoms with E-state index in [1.165, 1.54) is 6.42 Å². The van der Waals surface area contributed by atoms with Crippen molar-refractivity contribution in [2.45, 2.75) is 58.9 Å². The number of esters is 1. The SMILES string of the molecule is CCc1nc2ccccc2c(C)c1C(=O)OCC(=O)N[C@@H]1CCCC[C@H]1C. The number of para-hydroxylation sites is 1. The van der Waals surface area contributed by atoms with Gasteiger partial charge in [0, 0.05) is 11.4 Å². The Morgan fingerprint density at radius 2 is 1.96 bits per heavy atom. The lowest BCUT2D eigenvalue weighted by Crippen LogP contribution is -2.42. The van der Waals surface area contributed by atoms with E-state index >= 15 is 0 Å². The first-order chi connectivity index (χ1) is 13.0. The number of aryl methyl sites for hydroxylation is 2. The molecule has 1 aliphatic carbocycles. The molecule has 1 saturated carbocycles. The summed E-state index contributed by atoms with van der Waals surface area (Å²) < 4.78 is 5.35. The number of benzene rings is 1. The Kier molecular flexibility index (Phi) is 6.09. The van der Waals surface area contributed by atoms with Crippen molar-refractivity contribution in [1.29, 1.82) is 0 Å². The normalized spacial score (nSPS) is 19.7. The zero-order chi connectivity index (χ0) is 19.4. The second-order valence-electron chi connectivity index (χ2n) is 7.44. The second-order valence-corrected chi connectivity index (χ2v) is 7.44. The van der Waals surface area contributed by atoms with E-state index in [-0.39, 0.29) is 18.6 Å². The quantitative estimate of drug-likeness (QED) is 0.811. The van der Waals surface area contributed by atoms with Gasteiger partial charge in [0.05, 0.1) is 16.8 Å². The molecule has 144 valence electrons. The number of carbonyl (C=O) groups is 2. The summed E-state index contributed by atoms with van der Waals surface area (Å²) in [7, 11) is 0. The van der Waals surface area contributed by atoms with Crippen molar-refractivity contribution >= 4 is 22.8 Å². The van der Waals surface area contributed by atoms with Gasteiger partial charge >= 0.3 is 5.97 Å². The summed E-state index contributed by atoms with van der Waals surface area (Å²) in [6.07, 6.45) is 5.11. The smallest absolute Gasteiger partial charge is 0.340 e. The molecule has 0 unspecified atom stereocenters. The van der Waals surface area contributed by atoms with Gasteiger partial charge in [-0.05, 0) is 43.7 Å². The van der Waals surface area contributed by atoms with Gasteiger partial charge in [-0.1, -0.05) is 44.9 Å². The van der Waals surface area contributed by atoms with Gasteiger partial charge in [0.15, 0.2) is 6.61 Å². The van der Waals surface area contributed by atoms with Crippen LogP contribution in [0.4, 0.5) is 0 Å². The Labute approximate surface area is 160 Å². The maximum Gasteiger partial charge on any atom is 0.340 e. The summed E-state index contributed by atoms with van der Waals surface area (Å²) >= 11 is 0. The molecule has 2 atom stereocenters. The van der Waals surface area contributed by atoms with Crippen molar-refractivity contribution in [2.24, 2.45) is 5.92 Å². The number of nitrogens with one attached hydrogen (secondary N) is 1. The van der Waals surface area contributed by atoms with Crippen LogP contribution in [0.5, 0.6) is 0 Å². The third-order valence-corrected chi connectivity index (χ3v) is 5.56. The fourth-order valence-electron chi connectivity index (χ4n) is 3.95. The molecular formula is C22H28N2O3. The predicted molar refractivity (Wildman–Crippen MR) is 106 cm³/mol. The van der Waals surface area contributed by atoms with Crippen LogP contribution >= 0.6 is 0 Å². The topological polar surface area (TPSA) is 68.3 Å². The molecular weight excluding hydrogens is 340 g/mol. The number of carbonyl (C=O) groups excluding carboxylic acids is 2. The Morgan fingerprint density at radius 1 is 1.22 bits per heavy atom. The third kappa shape index (κ3) is 4.29. The largest absolute Gasteiger partial charge is 0.452 e. The standard InChI is InChI=1S/C22H28N2O3/c1-4-17-21(15(3)16-10-6-8-12-19(16)23-17)22(26)27-13-20(25)24-18-11-7-5-9-14(18)2/h6,8,10,12,14,18H,4-5,7,9,11,13H2,1-3H3,(H,24,25)/t14-,18-/m1/s1. The molecule has 0 saturated heterocycles. The summed E-state index contributed by atoms with van der Waals surface area (Å²) in [5, 5.41) is 3.95. The lowest BCUT2D eigenvalue weighted by Gasteiger charge is -2.29. The molecule has 5 nitrogen and oxygen atoms in total. The Hall–Kier alpha value is -2.43. The first-order valence-electron chi connectivity index (χ1n) is 9.86. The van der Waals surface area contributed by atoms with E-state index in [2.05, 4.69) is 17.2 Å².